The van der Waals surface area contributed by atoms with Gasteiger partial charge < -0.3 is 10.4 Å². The molecule has 3 rings (SSSR count). The molecule has 2 N–H and O–H groups in total. The van der Waals surface area contributed by atoms with Gasteiger partial charge in [-0.25, -0.2) is 9.97 Å². The Labute approximate surface area is 146 Å². The number of non-ortho nitro benzene ring substituents is 1. The summed E-state index contributed by atoms with van der Waals surface area (Å²) >= 11 is 0. The van der Waals surface area contributed by atoms with Crippen molar-refractivity contribution >= 4 is 11.5 Å². The summed E-state index contributed by atoms with van der Waals surface area (Å²) in [7, 11) is 0. The molecule has 0 amide bonds. The second-order valence-corrected chi connectivity index (χ2v) is 6.48. The van der Waals surface area contributed by atoms with E-state index in [0.717, 1.165) is 42.8 Å². The van der Waals surface area contributed by atoms with Gasteiger partial charge in [-0.05, 0) is 44.2 Å². The van der Waals surface area contributed by atoms with E-state index in [1.165, 1.54) is 12.1 Å². The fourth-order valence-electron chi connectivity index (χ4n) is 3.43. The van der Waals surface area contributed by atoms with Crippen molar-refractivity contribution in [2.45, 2.75) is 38.6 Å². The number of aromatic nitrogens is 2. The van der Waals surface area contributed by atoms with Gasteiger partial charge in [0.05, 0.1) is 4.92 Å². The summed E-state index contributed by atoms with van der Waals surface area (Å²) in [6.45, 7) is 2.11. The van der Waals surface area contributed by atoms with Crippen molar-refractivity contribution < 1.29 is 10.0 Å². The molecule has 1 aliphatic rings. The first-order chi connectivity index (χ1) is 12.1. The van der Waals surface area contributed by atoms with Crippen LogP contribution >= 0.6 is 0 Å². The van der Waals surface area contributed by atoms with E-state index in [4.69, 9.17) is 0 Å². The van der Waals surface area contributed by atoms with E-state index in [0.29, 0.717) is 17.8 Å². The third-order valence-electron chi connectivity index (χ3n) is 4.68. The van der Waals surface area contributed by atoms with Crippen molar-refractivity contribution in [1.82, 2.24) is 9.97 Å². The lowest BCUT2D eigenvalue weighted by atomic mass is 10.00. The number of nitrogens with zero attached hydrogens (tertiary/aromatic N) is 3. The van der Waals surface area contributed by atoms with E-state index in [2.05, 4.69) is 15.3 Å². The van der Waals surface area contributed by atoms with Crippen LogP contribution in [0.3, 0.4) is 0 Å². The van der Waals surface area contributed by atoms with Gasteiger partial charge in [0, 0.05) is 42.1 Å². The smallest absolute Gasteiger partial charge is 0.269 e. The largest absolute Gasteiger partial charge is 0.396 e. The predicted molar refractivity (Wildman–Crippen MR) is 95.3 cm³/mol. The Morgan fingerprint density at radius 1 is 1.28 bits per heavy atom. The number of hydrogen-bond acceptors (Lipinski definition) is 6. The molecule has 1 heterocycles. The van der Waals surface area contributed by atoms with Gasteiger partial charge in [0.15, 0.2) is 5.82 Å². The first-order valence-electron chi connectivity index (χ1n) is 8.54. The Kier molecular flexibility index (Phi) is 5.23. The fraction of sp³-hybridized carbons (Fsp3) is 0.444. The van der Waals surface area contributed by atoms with Gasteiger partial charge in [-0.2, -0.15) is 0 Å². The van der Waals surface area contributed by atoms with Crippen LogP contribution in [-0.2, 0) is 0 Å². The lowest BCUT2D eigenvalue weighted by Gasteiger charge is -2.21. The molecule has 0 bridgehead atoms. The molecule has 0 spiro atoms. The lowest BCUT2D eigenvalue weighted by Crippen LogP contribution is -2.25. The molecule has 1 aliphatic carbocycles. The molecular formula is C18H22N4O3. The maximum Gasteiger partial charge on any atom is 0.269 e. The summed E-state index contributed by atoms with van der Waals surface area (Å²) in [6.07, 6.45) is 4.15. The summed E-state index contributed by atoms with van der Waals surface area (Å²) in [4.78, 5) is 19.4. The van der Waals surface area contributed by atoms with Gasteiger partial charge in [0.2, 0.25) is 0 Å². The molecule has 1 fully saturated rings. The predicted octanol–water partition coefficient (Wildman–Crippen LogP) is 3.32. The summed E-state index contributed by atoms with van der Waals surface area (Å²) < 4.78 is 0. The lowest BCUT2D eigenvalue weighted by molar-refractivity contribution is -0.384. The van der Waals surface area contributed by atoms with Gasteiger partial charge in [-0.3, -0.25) is 10.1 Å². The number of hydrogen-bond donors (Lipinski definition) is 2. The van der Waals surface area contributed by atoms with Crippen molar-refractivity contribution in [1.29, 1.82) is 0 Å². The van der Waals surface area contributed by atoms with Crippen LogP contribution in [0.15, 0.2) is 30.3 Å². The number of benzene rings is 1. The summed E-state index contributed by atoms with van der Waals surface area (Å²) in [6, 6.07) is 8.47. The standard InChI is InChI=1S/C18H22N4O3/c1-12-11-17(20-16-4-2-3-13(16)9-10-23)21-18(19-12)14-5-7-15(8-6-14)22(24)25/h5-8,11,13,16,23H,2-4,9-10H2,1H3,(H,19,20,21). The molecule has 1 saturated carbocycles. The van der Waals surface area contributed by atoms with Crippen LogP contribution in [-0.4, -0.2) is 32.6 Å². The van der Waals surface area contributed by atoms with E-state index in [9.17, 15) is 15.2 Å². The number of aliphatic hydroxyl groups excluding tert-OH is 1. The van der Waals surface area contributed by atoms with Crippen molar-refractivity contribution in [3.63, 3.8) is 0 Å². The first-order valence-corrected chi connectivity index (χ1v) is 8.54. The SMILES string of the molecule is Cc1cc(NC2CCCC2CCO)nc(-c2ccc([N+](=O)[O-])cc2)n1. The Balaban J connectivity index is 1.81. The van der Waals surface area contributed by atoms with Crippen molar-refractivity contribution in [3.8, 4) is 11.4 Å². The molecule has 0 aliphatic heterocycles. The van der Waals surface area contributed by atoms with E-state index < -0.39 is 4.92 Å². The highest BCUT2D eigenvalue weighted by Gasteiger charge is 2.27. The molecule has 7 nitrogen and oxygen atoms in total. The number of nitro benzene ring substituents is 1. The zero-order valence-electron chi connectivity index (χ0n) is 14.2. The van der Waals surface area contributed by atoms with Gasteiger partial charge >= 0.3 is 0 Å². The number of anilines is 1. The van der Waals surface area contributed by atoms with Gasteiger partial charge in [0.1, 0.15) is 5.82 Å². The number of nitro groups is 1. The van der Waals surface area contributed by atoms with E-state index in [1.807, 2.05) is 13.0 Å². The number of aliphatic hydroxyl groups is 1. The fourth-order valence-corrected chi connectivity index (χ4v) is 3.43. The van der Waals surface area contributed by atoms with Crippen LogP contribution < -0.4 is 5.32 Å². The normalized spacial score (nSPS) is 19.8. The molecule has 0 radical (unpaired) electrons. The third kappa shape index (κ3) is 4.11. The number of nitrogens with one attached hydrogen (secondary N) is 1. The molecule has 2 aromatic rings. The Hall–Kier alpha value is -2.54. The number of rotatable bonds is 6. The first kappa shape index (κ1) is 17.3. The van der Waals surface area contributed by atoms with Crippen molar-refractivity contribution in [2.24, 2.45) is 5.92 Å². The molecular weight excluding hydrogens is 320 g/mol. The minimum Gasteiger partial charge on any atom is -0.396 e. The number of aryl methyl sites for hydroxylation is 1. The van der Waals surface area contributed by atoms with Crippen LogP contribution in [0.4, 0.5) is 11.5 Å². The van der Waals surface area contributed by atoms with Crippen molar-refractivity contribution in [2.75, 3.05) is 11.9 Å². The van der Waals surface area contributed by atoms with Crippen molar-refractivity contribution in [3.05, 3.63) is 46.1 Å². The topological polar surface area (TPSA) is 101 Å². The minimum absolute atomic E-state index is 0.0487. The zero-order chi connectivity index (χ0) is 17.8. The average molecular weight is 342 g/mol. The summed E-state index contributed by atoms with van der Waals surface area (Å²) in [5.41, 5.74) is 1.63. The van der Waals surface area contributed by atoms with Crippen LogP contribution in [0.25, 0.3) is 11.4 Å². The van der Waals surface area contributed by atoms with Gasteiger partial charge in [-0.1, -0.05) is 6.42 Å². The molecule has 132 valence electrons. The molecule has 1 aromatic heterocycles. The highest BCUT2D eigenvalue weighted by molar-refractivity contribution is 5.59. The second kappa shape index (κ2) is 7.57. The van der Waals surface area contributed by atoms with Crippen LogP contribution in [0.5, 0.6) is 0 Å². The molecule has 7 heteroatoms. The van der Waals surface area contributed by atoms with E-state index in [1.54, 1.807) is 12.1 Å². The molecule has 2 atom stereocenters. The van der Waals surface area contributed by atoms with Crippen LogP contribution in [0.1, 0.15) is 31.4 Å². The molecule has 25 heavy (non-hydrogen) atoms. The van der Waals surface area contributed by atoms with Crippen LogP contribution in [0, 0.1) is 23.0 Å². The Morgan fingerprint density at radius 3 is 2.72 bits per heavy atom. The molecule has 2 unspecified atom stereocenters. The highest BCUT2D eigenvalue weighted by Crippen LogP contribution is 2.31. The Bertz CT molecular complexity index is 748. The third-order valence-corrected chi connectivity index (χ3v) is 4.68. The highest BCUT2D eigenvalue weighted by atomic mass is 16.6. The molecule has 0 saturated heterocycles. The van der Waals surface area contributed by atoms with Gasteiger partial charge in [0.25, 0.3) is 5.69 Å². The molecule has 1 aromatic carbocycles. The minimum atomic E-state index is -0.421. The van der Waals surface area contributed by atoms with Gasteiger partial charge in [-0.15, -0.1) is 0 Å². The van der Waals surface area contributed by atoms with E-state index in [-0.39, 0.29) is 12.3 Å². The van der Waals surface area contributed by atoms with E-state index >= 15 is 0 Å². The quantitative estimate of drug-likeness (QED) is 0.617. The zero-order valence-corrected chi connectivity index (χ0v) is 14.2. The van der Waals surface area contributed by atoms with Crippen LogP contribution in [0.2, 0.25) is 0 Å². The maximum atomic E-state index is 10.8. The monoisotopic (exact) mass is 342 g/mol. The second-order valence-electron chi connectivity index (χ2n) is 6.48. The maximum absolute atomic E-state index is 10.8. The average Bonchev–Trinajstić information content (AvgIpc) is 3.02. The summed E-state index contributed by atoms with van der Waals surface area (Å²) in [5.74, 6) is 1.77. The summed E-state index contributed by atoms with van der Waals surface area (Å²) in [5, 5.41) is 23.5. The Morgan fingerprint density at radius 2 is 2.04 bits per heavy atom.